The predicted molar refractivity (Wildman–Crippen MR) is 110 cm³/mol. The summed E-state index contributed by atoms with van der Waals surface area (Å²) in [5.41, 5.74) is 3.72. The quantitative estimate of drug-likeness (QED) is 0.479. The first kappa shape index (κ1) is 21.4. The van der Waals surface area contributed by atoms with Gasteiger partial charge in [-0.05, 0) is 30.5 Å². The fourth-order valence-electron chi connectivity index (χ4n) is 2.68. The second-order valence-electron chi connectivity index (χ2n) is 6.57. The van der Waals surface area contributed by atoms with Crippen LogP contribution in [0, 0.1) is 13.8 Å². The third kappa shape index (κ3) is 4.81. The van der Waals surface area contributed by atoms with Crippen LogP contribution in [0.15, 0.2) is 33.5 Å². The fourth-order valence-corrected chi connectivity index (χ4v) is 4.47. The lowest BCUT2D eigenvalue weighted by Crippen LogP contribution is -2.34. The van der Waals surface area contributed by atoms with E-state index in [0.717, 1.165) is 34.0 Å². The highest BCUT2D eigenvalue weighted by Crippen LogP contribution is 2.32. The number of carbonyl (C=O) groups excluding carboxylic acids is 1. The Morgan fingerprint density at radius 1 is 1.28 bits per heavy atom. The minimum atomic E-state index is -4.47. The van der Waals surface area contributed by atoms with Crippen LogP contribution in [0.5, 0.6) is 0 Å². The molecule has 0 spiro atoms. The maximum atomic E-state index is 12.9. The summed E-state index contributed by atoms with van der Waals surface area (Å²) in [6, 6.07) is 5.97. The number of nitrogens with one attached hydrogen (secondary N) is 1. The minimum absolute atomic E-state index is 0.261. The van der Waals surface area contributed by atoms with Crippen LogP contribution in [-0.4, -0.2) is 33.9 Å². The van der Waals surface area contributed by atoms with Gasteiger partial charge in [-0.2, -0.15) is 13.2 Å². The lowest BCUT2D eigenvalue weighted by Gasteiger charge is -2.10. The van der Waals surface area contributed by atoms with E-state index in [-0.39, 0.29) is 16.5 Å². The highest BCUT2D eigenvalue weighted by atomic mass is 32.2. The van der Waals surface area contributed by atoms with Gasteiger partial charge in [-0.1, -0.05) is 30.0 Å². The minimum Gasteiger partial charge on any atom is -0.346 e. The van der Waals surface area contributed by atoms with Crippen molar-refractivity contribution in [3.05, 3.63) is 45.1 Å². The number of alkyl halides is 3. The van der Waals surface area contributed by atoms with E-state index in [1.165, 1.54) is 23.0 Å². The molecule has 0 bridgehead atoms. The average Bonchev–Trinajstić information content (AvgIpc) is 3.07. The molecule has 0 radical (unpaired) electrons. The molecule has 0 aliphatic rings. The Morgan fingerprint density at radius 2 is 2.00 bits per heavy atom. The molecular weight excluding hydrogens is 423 g/mol. The summed E-state index contributed by atoms with van der Waals surface area (Å²) < 4.78 is 37.9. The lowest BCUT2D eigenvalue weighted by molar-refractivity contribution is -0.136. The topological polar surface area (TPSA) is 64.0 Å². The van der Waals surface area contributed by atoms with Gasteiger partial charge in [0.05, 0.1) is 11.1 Å². The molecule has 2 heterocycles. The normalized spacial score (nSPS) is 11.8. The van der Waals surface area contributed by atoms with E-state index in [2.05, 4.69) is 4.98 Å². The molecule has 29 heavy (non-hydrogen) atoms. The zero-order valence-electron chi connectivity index (χ0n) is 15.9. The summed E-state index contributed by atoms with van der Waals surface area (Å²) in [7, 11) is 1.53. The summed E-state index contributed by atoms with van der Waals surface area (Å²) in [4.78, 5) is 29.5. The van der Waals surface area contributed by atoms with Crippen LogP contribution >= 0.6 is 23.1 Å². The Morgan fingerprint density at radius 3 is 2.66 bits per heavy atom. The van der Waals surface area contributed by atoms with Crippen molar-refractivity contribution in [2.45, 2.75) is 25.2 Å². The van der Waals surface area contributed by atoms with E-state index in [1.807, 2.05) is 37.4 Å². The summed E-state index contributed by atoms with van der Waals surface area (Å²) >= 11 is 2.24. The van der Waals surface area contributed by atoms with Crippen molar-refractivity contribution in [3.8, 4) is 11.1 Å². The number of fused-ring (bicyclic) bond motifs is 1. The molecule has 0 aliphatic carbocycles. The fraction of sp³-hybridized carbons (Fsp3) is 0.316. The summed E-state index contributed by atoms with van der Waals surface area (Å²) in [6.45, 7) is 2.63. The number of aryl methyl sites for hydroxylation is 2. The zero-order chi connectivity index (χ0) is 21.3. The van der Waals surface area contributed by atoms with Crippen molar-refractivity contribution in [3.63, 3.8) is 0 Å². The molecule has 1 aromatic carbocycles. The van der Waals surface area contributed by atoms with Crippen molar-refractivity contribution < 1.29 is 18.0 Å². The molecule has 10 heteroatoms. The maximum Gasteiger partial charge on any atom is 0.405 e. The molecule has 0 saturated heterocycles. The van der Waals surface area contributed by atoms with Crippen LogP contribution in [0.2, 0.25) is 0 Å². The van der Waals surface area contributed by atoms with Gasteiger partial charge in [-0.25, -0.2) is 4.98 Å². The van der Waals surface area contributed by atoms with Gasteiger partial charge >= 0.3 is 6.18 Å². The first-order chi connectivity index (χ1) is 13.6. The maximum absolute atomic E-state index is 12.9. The van der Waals surface area contributed by atoms with Crippen LogP contribution in [-0.2, 0) is 11.8 Å². The number of rotatable bonds is 5. The van der Waals surface area contributed by atoms with E-state index < -0.39 is 18.6 Å². The Bertz CT molecular complexity index is 1140. The molecule has 3 rings (SSSR count). The molecule has 0 aliphatic heterocycles. The Balaban J connectivity index is 1.87. The van der Waals surface area contributed by atoms with Crippen LogP contribution in [0.3, 0.4) is 0 Å². The molecular formula is C19H18F3N3O2S2. The number of thiophene rings is 1. The number of hydrogen-bond acceptors (Lipinski definition) is 5. The Kier molecular flexibility index (Phi) is 6.04. The van der Waals surface area contributed by atoms with Gasteiger partial charge in [-0.15, -0.1) is 11.3 Å². The monoisotopic (exact) mass is 441 g/mol. The molecule has 154 valence electrons. The number of carbonyl (C=O) groups is 1. The number of thioether (sulfide) groups is 1. The highest BCUT2D eigenvalue weighted by molar-refractivity contribution is 7.99. The van der Waals surface area contributed by atoms with Crippen LogP contribution in [0.25, 0.3) is 21.3 Å². The molecule has 1 N–H and O–H groups in total. The molecule has 2 aromatic heterocycles. The lowest BCUT2D eigenvalue weighted by atomic mass is 10.0. The van der Waals surface area contributed by atoms with E-state index in [9.17, 15) is 22.8 Å². The van der Waals surface area contributed by atoms with Crippen molar-refractivity contribution in [1.82, 2.24) is 14.9 Å². The van der Waals surface area contributed by atoms with E-state index in [4.69, 9.17) is 0 Å². The summed E-state index contributed by atoms with van der Waals surface area (Å²) in [5, 5.41) is 4.44. The van der Waals surface area contributed by atoms with Crippen LogP contribution in [0.4, 0.5) is 13.2 Å². The molecule has 3 aromatic rings. The zero-order valence-corrected chi connectivity index (χ0v) is 17.5. The average molecular weight is 442 g/mol. The van der Waals surface area contributed by atoms with Crippen molar-refractivity contribution in [2.24, 2.45) is 7.05 Å². The Labute approximate surface area is 173 Å². The predicted octanol–water partition coefficient (Wildman–Crippen LogP) is 4.05. The third-order valence-corrected chi connectivity index (χ3v) is 6.31. The first-order valence-corrected chi connectivity index (χ1v) is 10.5. The molecule has 1 amide bonds. The molecule has 0 unspecified atom stereocenters. The van der Waals surface area contributed by atoms with Gasteiger partial charge in [-0.3, -0.25) is 14.2 Å². The van der Waals surface area contributed by atoms with Gasteiger partial charge in [0, 0.05) is 18.0 Å². The second-order valence-corrected chi connectivity index (χ2v) is 8.37. The van der Waals surface area contributed by atoms with Gasteiger partial charge in [0.15, 0.2) is 5.16 Å². The van der Waals surface area contributed by atoms with E-state index >= 15 is 0 Å². The van der Waals surface area contributed by atoms with Gasteiger partial charge in [0.2, 0.25) is 5.91 Å². The summed E-state index contributed by atoms with van der Waals surface area (Å²) in [5.74, 6) is -1.04. The molecule has 0 atom stereocenters. The number of nitrogens with zero attached hydrogens (tertiary/aromatic N) is 2. The summed E-state index contributed by atoms with van der Waals surface area (Å²) in [6.07, 6.45) is -4.47. The largest absolute Gasteiger partial charge is 0.405 e. The third-order valence-electron chi connectivity index (χ3n) is 4.41. The van der Waals surface area contributed by atoms with Gasteiger partial charge in [0.25, 0.3) is 5.56 Å². The van der Waals surface area contributed by atoms with Gasteiger partial charge < -0.3 is 5.32 Å². The second kappa shape index (κ2) is 8.19. The van der Waals surface area contributed by atoms with Crippen molar-refractivity contribution in [1.29, 1.82) is 0 Å². The molecule has 0 fully saturated rings. The van der Waals surface area contributed by atoms with Crippen LogP contribution in [0.1, 0.15) is 11.1 Å². The van der Waals surface area contributed by atoms with Crippen molar-refractivity contribution >= 4 is 39.2 Å². The molecule has 0 saturated carbocycles. The first-order valence-electron chi connectivity index (χ1n) is 8.59. The molecule has 5 nitrogen and oxygen atoms in total. The van der Waals surface area contributed by atoms with Crippen LogP contribution < -0.4 is 10.9 Å². The standard InChI is InChI=1S/C19H18F3N3O2S2/c1-10-4-5-12(6-11(10)2)13-7-28-16-15(13)17(27)25(3)18(24-16)29-8-14(26)23-9-19(20,21)22/h4-7H,8-9H2,1-3H3,(H,23,26). The van der Waals surface area contributed by atoms with E-state index in [0.29, 0.717) is 10.2 Å². The number of halogens is 3. The van der Waals surface area contributed by atoms with Gasteiger partial charge in [0.1, 0.15) is 11.4 Å². The van der Waals surface area contributed by atoms with E-state index in [1.54, 1.807) is 5.32 Å². The smallest absolute Gasteiger partial charge is 0.346 e. The number of hydrogen-bond donors (Lipinski definition) is 1. The Hall–Kier alpha value is -2.33. The highest BCUT2D eigenvalue weighted by Gasteiger charge is 2.27. The number of benzene rings is 1. The number of amides is 1. The number of aromatic nitrogens is 2. The van der Waals surface area contributed by atoms with Crippen molar-refractivity contribution in [2.75, 3.05) is 12.3 Å². The SMILES string of the molecule is Cc1ccc(-c2csc3nc(SCC(=O)NCC(F)(F)F)n(C)c(=O)c23)cc1C.